The van der Waals surface area contributed by atoms with Crippen molar-refractivity contribution in [2.24, 2.45) is 5.84 Å². The number of nitrogens with two attached hydrogens (primary N) is 1. The summed E-state index contributed by atoms with van der Waals surface area (Å²) in [6.07, 6.45) is 1.15. The normalized spacial score (nSPS) is 20.1. The molecule has 1 aliphatic rings. The highest BCUT2D eigenvalue weighted by atomic mass is 15.3. The minimum Gasteiger partial charge on any atom is -0.353 e. The highest BCUT2D eigenvalue weighted by Gasteiger charge is 2.26. The first-order valence-corrected chi connectivity index (χ1v) is 7.78. The van der Waals surface area contributed by atoms with Crippen LogP contribution in [0.1, 0.15) is 44.5 Å². The second-order valence-electron chi connectivity index (χ2n) is 6.17. The van der Waals surface area contributed by atoms with Gasteiger partial charge in [-0.15, -0.1) is 0 Å². The zero-order valence-corrected chi connectivity index (χ0v) is 13.8. The highest BCUT2D eigenvalue weighted by Crippen LogP contribution is 2.27. The van der Waals surface area contributed by atoms with E-state index in [0.29, 0.717) is 6.04 Å². The molecule has 1 saturated heterocycles. The average Bonchev–Trinajstić information content (AvgIpc) is 2.48. The molecule has 0 spiro atoms. The molecule has 1 aromatic rings. The van der Waals surface area contributed by atoms with Gasteiger partial charge in [-0.3, -0.25) is 4.90 Å². The van der Waals surface area contributed by atoms with Gasteiger partial charge in [-0.1, -0.05) is 20.8 Å². The number of rotatable bonds is 4. The van der Waals surface area contributed by atoms with Crippen LogP contribution in [0.15, 0.2) is 0 Å². The standard InChI is InChI=1S/C15H28N6/c1-6-12-9-21(8-7-20(12)5)15-11(4)14(19-16)17-13(18-15)10(2)3/h10,12H,6-9,16H2,1-5H3,(H,17,18,19). The average molecular weight is 292 g/mol. The molecule has 1 aliphatic heterocycles. The van der Waals surface area contributed by atoms with Crippen LogP contribution in [0, 0.1) is 6.92 Å². The molecule has 0 radical (unpaired) electrons. The van der Waals surface area contributed by atoms with E-state index in [1.165, 1.54) is 0 Å². The van der Waals surface area contributed by atoms with Gasteiger partial charge in [0.2, 0.25) is 0 Å². The van der Waals surface area contributed by atoms with Gasteiger partial charge >= 0.3 is 0 Å². The first-order valence-electron chi connectivity index (χ1n) is 7.78. The maximum Gasteiger partial charge on any atom is 0.148 e. The van der Waals surface area contributed by atoms with Crippen LogP contribution < -0.4 is 16.2 Å². The summed E-state index contributed by atoms with van der Waals surface area (Å²) in [6.45, 7) is 11.5. The molecule has 0 aromatic carbocycles. The summed E-state index contributed by atoms with van der Waals surface area (Å²) in [6, 6.07) is 0.574. The van der Waals surface area contributed by atoms with E-state index in [1.807, 2.05) is 6.92 Å². The first kappa shape index (κ1) is 16.0. The quantitative estimate of drug-likeness (QED) is 0.650. The molecule has 1 fully saturated rings. The second kappa shape index (κ2) is 6.58. The van der Waals surface area contributed by atoms with E-state index in [2.05, 4.69) is 48.0 Å². The fraction of sp³-hybridized carbons (Fsp3) is 0.733. The molecular weight excluding hydrogens is 264 g/mol. The van der Waals surface area contributed by atoms with E-state index in [9.17, 15) is 0 Å². The predicted molar refractivity (Wildman–Crippen MR) is 87.6 cm³/mol. The Balaban J connectivity index is 2.36. The summed E-state index contributed by atoms with van der Waals surface area (Å²) in [4.78, 5) is 14.1. The number of hydrogen-bond acceptors (Lipinski definition) is 6. The van der Waals surface area contributed by atoms with Gasteiger partial charge in [-0.25, -0.2) is 15.8 Å². The summed E-state index contributed by atoms with van der Waals surface area (Å²) in [7, 11) is 2.20. The third-order valence-electron chi connectivity index (χ3n) is 4.34. The van der Waals surface area contributed by atoms with Crippen molar-refractivity contribution in [3.05, 3.63) is 11.4 Å². The Kier molecular flexibility index (Phi) is 5.00. The van der Waals surface area contributed by atoms with E-state index >= 15 is 0 Å². The van der Waals surface area contributed by atoms with Crippen LogP contribution in [0.4, 0.5) is 11.6 Å². The number of nitrogen functional groups attached to an aromatic ring is 1. The van der Waals surface area contributed by atoms with Crippen molar-refractivity contribution in [2.75, 3.05) is 37.0 Å². The van der Waals surface area contributed by atoms with Crippen LogP contribution in [0.2, 0.25) is 0 Å². The van der Waals surface area contributed by atoms with Crippen molar-refractivity contribution in [3.63, 3.8) is 0 Å². The number of aromatic nitrogens is 2. The van der Waals surface area contributed by atoms with Gasteiger partial charge in [-0.2, -0.15) is 0 Å². The van der Waals surface area contributed by atoms with Crippen LogP contribution in [-0.2, 0) is 0 Å². The minimum absolute atomic E-state index is 0.283. The van der Waals surface area contributed by atoms with Gasteiger partial charge in [-0.05, 0) is 20.4 Å². The van der Waals surface area contributed by atoms with Crippen molar-refractivity contribution >= 4 is 11.6 Å². The Labute approximate surface area is 127 Å². The Hall–Kier alpha value is -1.40. The Morgan fingerprint density at radius 3 is 2.62 bits per heavy atom. The summed E-state index contributed by atoms with van der Waals surface area (Å²) < 4.78 is 0. The van der Waals surface area contributed by atoms with Gasteiger partial charge in [0.15, 0.2) is 0 Å². The zero-order chi connectivity index (χ0) is 15.6. The Morgan fingerprint density at radius 1 is 1.33 bits per heavy atom. The minimum atomic E-state index is 0.283. The molecule has 0 bridgehead atoms. The number of piperazine rings is 1. The third kappa shape index (κ3) is 3.27. The van der Waals surface area contributed by atoms with Crippen LogP contribution >= 0.6 is 0 Å². The molecule has 118 valence electrons. The summed E-state index contributed by atoms with van der Waals surface area (Å²) in [5.74, 6) is 8.51. The molecule has 1 unspecified atom stereocenters. The molecule has 21 heavy (non-hydrogen) atoms. The molecule has 3 N–H and O–H groups in total. The van der Waals surface area contributed by atoms with E-state index in [4.69, 9.17) is 10.8 Å². The Morgan fingerprint density at radius 2 is 2.05 bits per heavy atom. The molecule has 0 saturated carbocycles. The van der Waals surface area contributed by atoms with E-state index in [-0.39, 0.29) is 5.92 Å². The summed E-state index contributed by atoms with van der Waals surface area (Å²) in [5, 5.41) is 0. The topological polar surface area (TPSA) is 70.3 Å². The van der Waals surface area contributed by atoms with Crippen molar-refractivity contribution in [1.29, 1.82) is 0 Å². The number of nitrogens with zero attached hydrogens (tertiary/aromatic N) is 4. The van der Waals surface area contributed by atoms with Crippen molar-refractivity contribution < 1.29 is 0 Å². The van der Waals surface area contributed by atoms with E-state index in [0.717, 1.165) is 49.1 Å². The van der Waals surface area contributed by atoms with Gasteiger partial charge in [0.05, 0.1) is 0 Å². The largest absolute Gasteiger partial charge is 0.353 e. The summed E-state index contributed by atoms with van der Waals surface area (Å²) >= 11 is 0. The van der Waals surface area contributed by atoms with E-state index in [1.54, 1.807) is 0 Å². The molecule has 1 aromatic heterocycles. The fourth-order valence-corrected chi connectivity index (χ4v) is 2.81. The molecule has 6 nitrogen and oxygen atoms in total. The second-order valence-corrected chi connectivity index (χ2v) is 6.17. The molecule has 6 heteroatoms. The van der Waals surface area contributed by atoms with Crippen LogP contribution in [-0.4, -0.2) is 47.6 Å². The molecule has 2 heterocycles. The molecule has 0 amide bonds. The monoisotopic (exact) mass is 292 g/mol. The summed E-state index contributed by atoms with van der Waals surface area (Å²) in [5.41, 5.74) is 3.74. The lowest BCUT2D eigenvalue weighted by Crippen LogP contribution is -2.51. The van der Waals surface area contributed by atoms with Crippen LogP contribution in [0.5, 0.6) is 0 Å². The lowest BCUT2D eigenvalue weighted by molar-refractivity contribution is 0.212. The zero-order valence-electron chi connectivity index (χ0n) is 13.8. The molecule has 1 atom stereocenters. The lowest BCUT2D eigenvalue weighted by atomic mass is 10.1. The number of nitrogens with one attached hydrogen (secondary N) is 1. The molecule has 2 rings (SSSR count). The van der Waals surface area contributed by atoms with Gasteiger partial charge in [0.25, 0.3) is 0 Å². The van der Waals surface area contributed by atoms with Crippen molar-refractivity contribution in [1.82, 2.24) is 14.9 Å². The fourth-order valence-electron chi connectivity index (χ4n) is 2.81. The number of hydrazine groups is 1. The number of anilines is 2. The lowest BCUT2D eigenvalue weighted by Gasteiger charge is -2.40. The number of hydrogen-bond donors (Lipinski definition) is 2. The van der Waals surface area contributed by atoms with Gasteiger partial charge < -0.3 is 10.3 Å². The smallest absolute Gasteiger partial charge is 0.148 e. The highest BCUT2D eigenvalue weighted by molar-refractivity contribution is 5.58. The third-order valence-corrected chi connectivity index (χ3v) is 4.34. The first-order chi connectivity index (χ1) is 9.97. The number of likely N-dealkylation sites (N-methyl/N-ethyl adjacent to an activating group) is 1. The van der Waals surface area contributed by atoms with E-state index < -0.39 is 0 Å². The SMILES string of the molecule is CCC1CN(c2nc(C(C)C)nc(NN)c2C)CCN1C. The van der Waals surface area contributed by atoms with Crippen molar-refractivity contribution in [2.45, 2.75) is 46.1 Å². The van der Waals surface area contributed by atoms with Crippen LogP contribution in [0.3, 0.4) is 0 Å². The van der Waals surface area contributed by atoms with Gasteiger partial charge in [0, 0.05) is 37.2 Å². The molecular formula is C15H28N6. The maximum atomic E-state index is 5.63. The molecule has 0 aliphatic carbocycles. The predicted octanol–water partition coefficient (Wildman–Crippen LogP) is 1.72. The van der Waals surface area contributed by atoms with Gasteiger partial charge in [0.1, 0.15) is 17.5 Å². The maximum absolute atomic E-state index is 5.63. The van der Waals surface area contributed by atoms with Crippen LogP contribution in [0.25, 0.3) is 0 Å². The van der Waals surface area contributed by atoms with Crippen molar-refractivity contribution in [3.8, 4) is 0 Å². The Bertz CT molecular complexity index is 487.